The molecule has 33 heteroatoms. The van der Waals surface area contributed by atoms with Gasteiger partial charge in [0.2, 0.25) is 0 Å². The van der Waals surface area contributed by atoms with Gasteiger partial charge in [-0.05, 0) is 88.7 Å². The zero-order valence-electron chi connectivity index (χ0n) is 49.5. The summed E-state index contributed by atoms with van der Waals surface area (Å²) >= 11 is 27.6. The first kappa shape index (κ1) is 80.5. The van der Waals surface area contributed by atoms with Crippen LogP contribution in [0.1, 0.15) is 40.3 Å². The molecule has 9 aromatic rings. The van der Waals surface area contributed by atoms with E-state index in [-0.39, 0.29) is 71.6 Å². The van der Waals surface area contributed by atoms with Gasteiger partial charge in [-0.1, -0.05) is 149 Å². The van der Waals surface area contributed by atoms with Crippen LogP contribution in [0.5, 0.6) is 0 Å². The van der Waals surface area contributed by atoms with Crippen molar-refractivity contribution < 1.29 is 44.3 Å². The number of aryl methyl sites for hydroxylation is 5. The van der Waals surface area contributed by atoms with E-state index in [2.05, 4.69) is 0 Å². The summed E-state index contributed by atoms with van der Waals surface area (Å²) in [4.78, 5) is 87.9. The number of hydrogen-bond acceptors (Lipinski definition) is 19. The fraction of sp³-hybridized carbons (Fsp3) is 0.0984. The fourth-order valence-electron chi connectivity index (χ4n) is 6.63. The predicted molar refractivity (Wildman–Crippen MR) is 356 cm³/mol. The van der Waals surface area contributed by atoms with Crippen molar-refractivity contribution in [1.29, 1.82) is 5.26 Å². The summed E-state index contributed by atoms with van der Waals surface area (Å²) in [6.07, 6.45) is 0.706. The molecule has 0 N–H and O–H groups in total. The molecule has 0 spiro atoms. The van der Waals surface area contributed by atoms with Crippen molar-refractivity contribution in [2.45, 2.75) is 41.0 Å². The van der Waals surface area contributed by atoms with Crippen LogP contribution in [0, 0.1) is 130 Å². The third-order valence-electron chi connectivity index (χ3n) is 11.1. The van der Waals surface area contributed by atoms with Crippen molar-refractivity contribution in [3.8, 4) is 6.07 Å². The molecule has 0 saturated carbocycles. The lowest BCUT2D eigenvalue weighted by atomic mass is 10.1. The number of nitro benzene ring substituents is 9. The van der Waals surface area contributed by atoms with Gasteiger partial charge in [0.1, 0.15) is 16.7 Å². The number of para-hydroxylation sites is 4. The van der Waals surface area contributed by atoms with Crippen LogP contribution in [-0.4, -0.2) is 44.3 Å². The van der Waals surface area contributed by atoms with E-state index < -0.39 is 34.5 Å². The maximum absolute atomic E-state index is 10.4. The highest BCUT2D eigenvalue weighted by Crippen LogP contribution is 2.25. The number of nitrogens with zero attached hydrogens (tertiary/aromatic N) is 10. The molecule has 28 nitrogen and oxygen atoms in total. The molecule has 488 valence electrons. The second kappa shape index (κ2) is 42.5. The smallest absolute Gasteiger partial charge is 0.258 e. The third kappa shape index (κ3) is 30.8. The van der Waals surface area contributed by atoms with Crippen LogP contribution in [0.15, 0.2) is 206 Å². The standard InChI is InChI=1S/2C8H9NO2.2C7H6ClNO2.C7H4N2O2.3C6H4ClNO2.C6H5NO2/c1-6-3-4-8(9(10)11)7(2)5-6;1-2-7-5-3-4-6-8(7)9(10)11;1-5-4-6(8)2-3-7(5)9(10)11;1-5-2-3-6(8)4-7(5)9(10)11;8-5-6-3-1-2-4-7(6)9(10)11;7-5-1-3-6(4-2-5)8(9)10;7-5-2-1-3-6(4-5)8(9)10;7-5-3-1-2-4-6(5)8(9)10;8-7(9)6-4-2-1-3-5-6/h3-5H,1-2H3;3-6H,2H2,1H3;2*2-4H,1H3;1-4H;3*1-4H;1-5H. The SMILES string of the molecule is CCc1ccccc1[N+](=O)[O-].Cc1cc(Cl)ccc1[N+](=O)[O-].Cc1ccc(Cl)cc1[N+](=O)[O-].Cc1ccc([N+](=O)[O-])c(C)c1.N#Cc1ccccc1[N+](=O)[O-].O=[N+]([O-])c1ccc(Cl)cc1.O=[N+]([O-])c1cccc(Cl)c1.O=[N+]([O-])c1ccccc1.O=[N+]([O-])c1ccccc1Cl. The first-order valence-electron chi connectivity index (χ1n) is 26.0. The average molecular weight is 1390 g/mol. The summed E-state index contributed by atoms with van der Waals surface area (Å²) in [6.45, 7) is 8.89. The number of halogens is 5. The van der Waals surface area contributed by atoms with Crippen LogP contribution in [0.3, 0.4) is 0 Å². The molecule has 0 bridgehead atoms. The number of rotatable bonds is 10. The highest BCUT2D eigenvalue weighted by atomic mass is 35.5. The number of non-ortho nitro benzene ring substituents is 3. The monoisotopic (exact) mass is 1390 g/mol. The Hall–Kier alpha value is -11.5. The van der Waals surface area contributed by atoms with Crippen molar-refractivity contribution in [2.24, 2.45) is 0 Å². The van der Waals surface area contributed by atoms with Gasteiger partial charge in [-0.15, -0.1) is 0 Å². The van der Waals surface area contributed by atoms with Crippen LogP contribution in [-0.2, 0) is 6.42 Å². The maximum atomic E-state index is 10.4. The van der Waals surface area contributed by atoms with Gasteiger partial charge in [0.25, 0.3) is 51.2 Å². The largest absolute Gasteiger partial charge is 0.287 e. The van der Waals surface area contributed by atoms with Crippen molar-refractivity contribution in [1.82, 2.24) is 0 Å². The van der Waals surface area contributed by atoms with Crippen LogP contribution in [0.25, 0.3) is 0 Å². The Morgan fingerprint density at radius 3 is 1.11 bits per heavy atom. The predicted octanol–water partition coefficient (Wildman–Crippen LogP) is 19.3. The van der Waals surface area contributed by atoms with Gasteiger partial charge in [0.15, 0.2) is 0 Å². The Bertz CT molecular complexity index is 4070. The highest BCUT2D eigenvalue weighted by molar-refractivity contribution is 6.32. The van der Waals surface area contributed by atoms with Crippen LogP contribution in [0.4, 0.5) is 51.2 Å². The minimum atomic E-state index is -0.571. The molecule has 0 saturated heterocycles. The quantitative estimate of drug-likeness (QED) is 0.0906. The molecule has 0 atom stereocenters. The molecular weight excluding hydrogens is 1340 g/mol. The van der Waals surface area contributed by atoms with Gasteiger partial charge in [-0.3, -0.25) is 91.0 Å². The van der Waals surface area contributed by atoms with Gasteiger partial charge in [0, 0.05) is 115 Å². The Morgan fingerprint density at radius 1 is 0.319 bits per heavy atom. The second-order valence-electron chi connectivity index (χ2n) is 17.8. The molecule has 0 fully saturated rings. The lowest BCUT2D eigenvalue weighted by Crippen LogP contribution is -1.92. The Kier molecular flexibility index (Phi) is 36.4. The van der Waals surface area contributed by atoms with Gasteiger partial charge < -0.3 is 0 Å². The van der Waals surface area contributed by atoms with E-state index in [0.717, 1.165) is 16.7 Å². The van der Waals surface area contributed by atoms with Gasteiger partial charge in [-0.2, -0.15) is 5.26 Å². The molecule has 9 rings (SSSR count). The fourth-order valence-corrected chi connectivity index (χ4v) is 7.54. The Balaban J connectivity index is 0.000000529. The van der Waals surface area contributed by atoms with Crippen molar-refractivity contribution >= 4 is 109 Å². The molecule has 94 heavy (non-hydrogen) atoms. The molecule has 0 unspecified atom stereocenters. The minimum absolute atomic E-state index is 0.0208. The summed E-state index contributed by atoms with van der Waals surface area (Å²) in [5, 5.41) is 102. The molecule has 0 amide bonds. The summed E-state index contributed by atoms with van der Waals surface area (Å²) < 4.78 is 0. The highest BCUT2D eigenvalue weighted by Gasteiger charge is 2.14. The lowest BCUT2D eigenvalue weighted by molar-refractivity contribution is -0.385. The first-order valence-corrected chi connectivity index (χ1v) is 27.9. The maximum Gasteiger partial charge on any atom is 0.287 e. The van der Waals surface area contributed by atoms with Crippen LogP contribution in [0.2, 0.25) is 25.1 Å². The number of nitro groups is 9. The van der Waals surface area contributed by atoms with E-state index in [9.17, 15) is 91.0 Å². The van der Waals surface area contributed by atoms with Crippen molar-refractivity contribution in [2.75, 3.05) is 0 Å². The topological polar surface area (TPSA) is 412 Å². The summed E-state index contributed by atoms with van der Waals surface area (Å²) in [7, 11) is 0. The third-order valence-corrected chi connectivity index (χ3v) is 12.4. The Morgan fingerprint density at radius 2 is 0.713 bits per heavy atom. The van der Waals surface area contributed by atoms with Crippen molar-refractivity contribution in [3.63, 3.8) is 0 Å². The van der Waals surface area contributed by atoms with E-state index >= 15 is 0 Å². The zero-order valence-corrected chi connectivity index (χ0v) is 53.3. The molecular formula is C61H51Cl5N10O18. The Labute approximate surface area is 558 Å². The second-order valence-corrected chi connectivity index (χ2v) is 20.0. The molecule has 0 aliphatic rings. The van der Waals surface area contributed by atoms with E-state index in [1.165, 1.54) is 109 Å². The molecule has 0 aliphatic carbocycles. The van der Waals surface area contributed by atoms with Crippen LogP contribution >= 0.6 is 58.0 Å². The van der Waals surface area contributed by atoms with E-state index in [0.29, 0.717) is 37.6 Å². The van der Waals surface area contributed by atoms with Crippen LogP contribution < -0.4 is 0 Å². The molecule has 0 aromatic heterocycles. The normalized spacial score (nSPS) is 9.33. The van der Waals surface area contributed by atoms with E-state index in [4.69, 9.17) is 63.3 Å². The summed E-state index contributed by atoms with van der Waals surface area (Å²) in [5.74, 6) is 0. The average Bonchev–Trinajstić information content (AvgIpc) is 1.09. The zero-order chi connectivity index (χ0) is 71.2. The van der Waals surface area contributed by atoms with Gasteiger partial charge >= 0.3 is 0 Å². The van der Waals surface area contributed by atoms with E-state index in [1.807, 2.05) is 19.9 Å². The number of benzene rings is 9. The van der Waals surface area contributed by atoms with E-state index in [1.54, 1.807) is 118 Å². The van der Waals surface area contributed by atoms with Gasteiger partial charge in [0.05, 0.1) is 44.3 Å². The number of nitriles is 1. The lowest BCUT2D eigenvalue weighted by Gasteiger charge is -1.96. The number of hydrogen-bond donors (Lipinski definition) is 0. The van der Waals surface area contributed by atoms with Gasteiger partial charge in [-0.25, -0.2) is 0 Å². The minimum Gasteiger partial charge on any atom is -0.258 e. The molecule has 0 radical (unpaired) electrons. The molecule has 9 aromatic carbocycles. The summed E-state index contributed by atoms with van der Waals surface area (Å²) in [6, 6.07) is 54.1. The first-order chi connectivity index (χ1) is 44.3. The molecule has 0 heterocycles. The molecule has 0 aliphatic heterocycles. The summed E-state index contributed by atoms with van der Waals surface area (Å²) in [5.41, 5.74) is 4.46. The van der Waals surface area contributed by atoms with Crippen molar-refractivity contribution in [3.05, 3.63) is 356 Å².